The van der Waals surface area contributed by atoms with Crippen LogP contribution in [0.15, 0.2) is 42.5 Å². The molecule has 5 heteroatoms. The molecular weight excluding hydrogens is 306 g/mol. The first kappa shape index (κ1) is 17.4. The predicted molar refractivity (Wildman–Crippen MR) is 95.2 cm³/mol. The summed E-state index contributed by atoms with van der Waals surface area (Å²) >= 11 is 0. The van der Waals surface area contributed by atoms with Crippen LogP contribution >= 0.6 is 0 Å². The van der Waals surface area contributed by atoms with E-state index in [9.17, 15) is 4.79 Å². The summed E-state index contributed by atoms with van der Waals surface area (Å²) in [5.41, 5.74) is 1.84. The van der Waals surface area contributed by atoms with Crippen molar-refractivity contribution < 1.29 is 19.0 Å². The summed E-state index contributed by atoms with van der Waals surface area (Å²) in [7, 11) is 4.67. The lowest BCUT2D eigenvalue weighted by molar-refractivity contribution is 0.102. The average Bonchev–Trinajstić information content (AvgIpc) is 2.61. The van der Waals surface area contributed by atoms with E-state index < -0.39 is 0 Å². The number of ether oxygens (including phenoxy) is 3. The fraction of sp³-hybridized carbons (Fsp3) is 0.211. The lowest BCUT2D eigenvalue weighted by atomic mass is 10.1. The van der Waals surface area contributed by atoms with E-state index in [2.05, 4.69) is 5.32 Å². The first-order valence-electron chi connectivity index (χ1n) is 7.47. The molecule has 0 heterocycles. The van der Waals surface area contributed by atoms with Crippen LogP contribution in [0.3, 0.4) is 0 Å². The highest BCUT2D eigenvalue weighted by Crippen LogP contribution is 2.34. The Morgan fingerprint density at radius 3 is 2.33 bits per heavy atom. The molecule has 24 heavy (non-hydrogen) atoms. The molecule has 1 N–H and O–H groups in total. The van der Waals surface area contributed by atoms with Crippen molar-refractivity contribution in [3.63, 3.8) is 0 Å². The molecule has 1 amide bonds. The summed E-state index contributed by atoms with van der Waals surface area (Å²) in [5, 5.41) is 2.85. The Morgan fingerprint density at radius 1 is 1.00 bits per heavy atom. The van der Waals surface area contributed by atoms with Crippen LogP contribution in [-0.4, -0.2) is 27.2 Å². The Hall–Kier alpha value is -2.95. The van der Waals surface area contributed by atoms with E-state index in [1.54, 1.807) is 45.6 Å². The van der Waals surface area contributed by atoms with Gasteiger partial charge in [0.2, 0.25) is 0 Å². The second kappa shape index (κ2) is 8.06. The van der Waals surface area contributed by atoms with Gasteiger partial charge in [-0.15, -0.1) is 0 Å². The van der Waals surface area contributed by atoms with Crippen molar-refractivity contribution in [1.82, 2.24) is 0 Å². The van der Waals surface area contributed by atoms with E-state index in [1.165, 1.54) is 0 Å². The minimum absolute atomic E-state index is 0.258. The Balaban J connectivity index is 2.40. The van der Waals surface area contributed by atoms with E-state index >= 15 is 0 Å². The maximum atomic E-state index is 12.6. The summed E-state index contributed by atoms with van der Waals surface area (Å²) in [5.74, 6) is 1.42. The number of rotatable bonds is 6. The molecule has 0 saturated carbocycles. The molecule has 2 aromatic rings. The number of carbonyl (C=O) groups excluding carboxylic acids is 1. The van der Waals surface area contributed by atoms with E-state index in [4.69, 9.17) is 14.2 Å². The number of hydrogen-bond acceptors (Lipinski definition) is 4. The molecule has 0 aliphatic heterocycles. The number of amides is 1. The normalized spacial score (nSPS) is 10.5. The van der Waals surface area contributed by atoms with Crippen molar-refractivity contribution in [3.05, 3.63) is 53.6 Å². The van der Waals surface area contributed by atoms with Crippen LogP contribution in [0, 0.1) is 0 Å². The zero-order chi connectivity index (χ0) is 17.5. The standard InChI is InChI=1S/C19H21NO4/c1-5-8-13-11-14(12-17(23-3)18(13)24-4)19(21)20-15-9-6-7-10-16(15)22-2/h5-12H,1-4H3,(H,20,21). The molecule has 0 aliphatic carbocycles. The second-order valence-electron chi connectivity index (χ2n) is 4.96. The second-order valence-corrected chi connectivity index (χ2v) is 4.96. The minimum Gasteiger partial charge on any atom is -0.495 e. The third-order valence-corrected chi connectivity index (χ3v) is 3.47. The maximum absolute atomic E-state index is 12.6. The molecule has 0 bridgehead atoms. The Kier molecular flexibility index (Phi) is 5.84. The number of carbonyl (C=O) groups is 1. The monoisotopic (exact) mass is 327 g/mol. The lowest BCUT2D eigenvalue weighted by Gasteiger charge is -2.14. The van der Waals surface area contributed by atoms with Gasteiger partial charge in [-0.05, 0) is 31.2 Å². The summed E-state index contributed by atoms with van der Waals surface area (Å²) in [4.78, 5) is 12.6. The summed E-state index contributed by atoms with van der Waals surface area (Å²) < 4.78 is 16.0. The predicted octanol–water partition coefficient (Wildman–Crippen LogP) is 4.00. The third-order valence-electron chi connectivity index (χ3n) is 3.47. The molecule has 5 nitrogen and oxygen atoms in total. The molecular formula is C19H21NO4. The first-order valence-corrected chi connectivity index (χ1v) is 7.47. The van der Waals surface area contributed by atoms with Gasteiger partial charge in [0.25, 0.3) is 5.91 Å². The highest BCUT2D eigenvalue weighted by molar-refractivity contribution is 6.06. The number of nitrogens with one attached hydrogen (secondary N) is 1. The summed E-state index contributed by atoms with van der Waals surface area (Å²) in [6.45, 7) is 1.90. The lowest BCUT2D eigenvalue weighted by Crippen LogP contribution is -2.13. The number of allylic oxidation sites excluding steroid dienone is 1. The van der Waals surface area contributed by atoms with Gasteiger partial charge in [0.1, 0.15) is 5.75 Å². The number of hydrogen-bond donors (Lipinski definition) is 1. The van der Waals surface area contributed by atoms with Gasteiger partial charge in [0.05, 0.1) is 27.0 Å². The molecule has 0 saturated heterocycles. The van der Waals surface area contributed by atoms with Gasteiger partial charge in [-0.3, -0.25) is 4.79 Å². The third kappa shape index (κ3) is 3.68. The van der Waals surface area contributed by atoms with Crippen molar-refractivity contribution in [1.29, 1.82) is 0 Å². The van der Waals surface area contributed by atoms with Crippen LogP contribution < -0.4 is 19.5 Å². The van der Waals surface area contributed by atoms with Gasteiger partial charge in [-0.2, -0.15) is 0 Å². The molecule has 0 spiro atoms. The number of anilines is 1. The molecule has 0 fully saturated rings. The Labute approximate surface area is 141 Å². The van der Waals surface area contributed by atoms with Crippen LogP contribution in [0.1, 0.15) is 22.8 Å². The molecule has 0 radical (unpaired) electrons. The van der Waals surface area contributed by atoms with Gasteiger partial charge in [-0.1, -0.05) is 24.3 Å². The number of para-hydroxylation sites is 2. The summed E-state index contributed by atoms with van der Waals surface area (Å²) in [6, 6.07) is 10.6. The zero-order valence-corrected chi connectivity index (χ0v) is 14.3. The van der Waals surface area contributed by atoms with Crippen molar-refractivity contribution in [2.45, 2.75) is 6.92 Å². The Bertz CT molecular complexity index is 753. The molecule has 0 atom stereocenters. The molecule has 0 aromatic heterocycles. The SMILES string of the molecule is CC=Cc1cc(C(=O)Nc2ccccc2OC)cc(OC)c1OC. The molecule has 0 unspecified atom stereocenters. The van der Waals surface area contributed by atoms with Crippen LogP contribution in [0.2, 0.25) is 0 Å². The number of methoxy groups -OCH3 is 3. The van der Waals surface area contributed by atoms with Gasteiger partial charge in [0.15, 0.2) is 11.5 Å². The van der Waals surface area contributed by atoms with Gasteiger partial charge < -0.3 is 19.5 Å². The molecule has 2 rings (SSSR count). The van der Waals surface area contributed by atoms with Crippen LogP contribution in [0.5, 0.6) is 17.2 Å². The van der Waals surface area contributed by atoms with E-state index in [0.717, 1.165) is 5.56 Å². The highest BCUT2D eigenvalue weighted by atomic mass is 16.5. The zero-order valence-electron chi connectivity index (χ0n) is 14.3. The minimum atomic E-state index is -0.258. The van der Waals surface area contributed by atoms with Crippen LogP contribution in [-0.2, 0) is 0 Å². The average molecular weight is 327 g/mol. The topological polar surface area (TPSA) is 56.8 Å². The smallest absolute Gasteiger partial charge is 0.255 e. The quantitative estimate of drug-likeness (QED) is 0.871. The summed E-state index contributed by atoms with van der Waals surface area (Å²) in [6.07, 6.45) is 3.74. The van der Waals surface area contributed by atoms with E-state index in [1.807, 2.05) is 31.2 Å². The van der Waals surface area contributed by atoms with E-state index in [0.29, 0.717) is 28.5 Å². The van der Waals surface area contributed by atoms with E-state index in [-0.39, 0.29) is 5.91 Å². The van der Waals surface area contributed by atoms with Crippen LogP contribution in [0.4, 0.5) is 5.69 Å². The van der Waals surface area contributed by atoms with Crippen molar-refractivity contribution in [2.75, 3.05) is 26.6 Å². The maximum Gasteiger partial charge on any atom is 0.255 e. The number of benzene rings is 2. The van der Waals surface area contributed by atoms with Crippen molar-refractivity contribution >= 4 is 17.7 Å². The van der Waals surface area contributed by atoms with Gasteiger partial charge in [-0.25, -0.2) is 0 Å². The van der Waals surface area contributed by atoms with Crippen molar-refractivity contribution in [2.24, 2.45) is 0 Å². The Morgan fingerprint density at radius 2 is 1.71 bits per heavy atom. The fourth-order valence-corrected chi connectivity index (χ4v) is 2.37. The fourth-order valence-electron chi connectivity index (χ4n) is 2.37. The molecule has 126 valence electrons. The first-order chi connectivity index (χ1) is 11.6. The molecule has 2 aromatic carbocycles. The van der Waals surface area contributed by atoms with Crippen LogP contribution in [0.25, 0.3) is 6.08 Å². The highest BCUT2D eigenvalue weighted by Gasteiger charge is 2.16. The largest absolute Gasteiger partial charge is 0.495 e. The van der Waals surface area contributed by atoms with Crippen molar-refractivity contribution in [3.8, 4) is 17.2 Å². The van der Waals surface area contributed by atoms with Gasteiger partial charge >= 0.3 is 0 Å². The van der Waals surface area contributed by atoms with Gasteiger partial charge in [0, 0.05) is 11.1 Å². The molecule has 0 aliphatic rings.